The second-order valence-corrected chi connectivity index (χ2v) is 4.29. The van der Waals surface area contributed by atoms with Crippen LogP contribution in [0.5, 0.6) is 0 Å². The van der Waals surface area contributed by atoms with Gasteiger partial charge >= 0.3 is 0 Å². The lowest BCUT2D eigenvalue weighted by molar-refractivity contribution is 1.15. The second-order valence-electron chi connectivity index (χ2n) is 4.29. The summed E-state index contributed by atoms with van der Waals surface area (Å²) < 4.78 is 0. The van der Waals surface area contributed by atoms with E-state index in [0.29, 0.717) is 5.56 Å². The highest BCUT2D eigenvalue weighted by molar-refractivity contribution is 5.88. The number of hydrogen-bond acceptors (Lipinski definition) is 2. The monoisotopic (exact) mass is 220 g/mol. The Morgan fingerprint density at radius 3 is 2.12 bits per heavy atom. The molecule has 0 spiro atoms. The van der Waals surface area contributed by atoms with Crippen molar-refractivity contribution in [1.82, 2.24) is 0 Å². The molecular weight excluding hydrogens is 208 g/mol. The lowest BCUT2D eigenvalue weighted by Crippen LogP contribution is -1.88. The van der Waals surface area contributed by atoms with Crippen LogP contribution < -0.4 is 0 Å². The predicted octanol–water partition coefficient (Wildman–Crippen LogP) is 3.58. The molecule has 0 radical (unpaired) electrons. The molecule has 1 aliphatic carbocycles. The van der Waals surface area contributed by atoms with E-state index in [1.54, 1.807) is 12.1 Å². The first-order chi connectivity index (χ1) is 8.17. The van der Waals surface area contributed by atoms with E-state index in [4.69, 9.17) is 5.26 Å². The van der Waals surface area contributed by atoms with Crippen LogP contribution in [-0.4, -0.2) is 0 Å². The lowest BCUT2D eigenvalue weighted by Gasteiger charge is -2.05. The van der Waals surface area contributed by atoms with Gasteiger partial charge in [0.15, 0.2) is 0 Å². The molecule has 0 heterocycles. The number of allylic oxidation sites excluding steroid dienone is 4. The summed E-state index contributed by atoms with van der Waals surface area (Å²) in [5, 5.41) is 18.0. The van der Waals surface area contributed by atoms with Crippen molar-refractivity contribution in [2.24, 2.45) is 0 Å². The predicted molar refractivity (Wildman–Crippen MR) is 66.7 cm³/mol. The number of nitriles is 2. The molecule has 0 atom stereocenters. The molecule has 2 heteroatoms. The van der Waals surface area contributed by atoms with Crippen LogP contribution in [0.4, 0.5) is 0 Å². The molecule has 0 saturated heterocycles. The molecule has 0 bridgehead atoms. The maximum atomic E-state index is 9.19. The average Bonchev–Trinajstić information content (AvgIpc) is 2.63. The van der Waals surface area contributed by atoms with Crippen molar-refractivity contribution in [1.29, 1.82) is 10.5 Å². The number of rotatable bonds is 1. The van der Waals surface area contributed by atoms with E-state index >= 15 is 0 Å². The summed E-state index contributed by atoms with van der Waals surface area (Å²) in [5.74, 6) is 0. The lowest BCUT2D eigenvalue weighted by atomic mass is 9.97. The summed E-state index contributed by atoms with van der Waals surface area (Å²) in [6, 6.07) is 11.8. The molecule has 0 fully saturated rings. The molecule has 2 rings (SSSR count). The zero-order chi connectivity index (χ0) is 12.4. The van der Waals surface area contributed by atoms with Crippen molar-refractivity contribution in [2.75, 3.05) is 0 Å². The second kappa shape index (κ2) is 4.28. The summed E-state index contributed by atoms with van der Waals surface area (Å²) in [6.07, 6.45) is 0.873. The molecular formula is C15H12N2. The van der Waals surface area contributed by atoms with Crippen LogP contribution in [0.3, 0.4) is 0 Å². The van der Waals surface area contributed by atoms with Crippen molar-refractivity contribution in [2.45, 2.75) is 20.3 Å². The Labute approximate surface area is 101 Å². The van der Waals surface area contributed by atoms with E-state index in [0.717, 1.165) is 28.7 Å². The first kappa shape index (κ1) is 11.2. The molecule has 0 saturated carbocycles. The van der Waals surface area contributed by atoms with Gasteiger partial charge < -0.3 is 0 Å². The molecule has 1 aromatic rings. The number of benzene rings is 1. The van der Waals surface area contributed by atoms with E-state index in [2.05, 4.69) is 19.1 Å². The third kappa shape index (κ3) is 1.86. The zero-order valence-corrected chi connectivity index (χ0v) is 9.91. The Balaban J connectivity index is 2.51. The minimum absolute atomic E-state index is 0.643. The largest absolute Gasteiger partial charge is 0.192 e. The zero-order valence-electron chi connectivity index (χ0n) is 9.91. The first-order valence-electron chi connectivity index (χ1n) is 5.48. The van der Waals surface area contributed by atoms with Gasteiger partial charge in [-0.25, -0.2) is 0 Å². The average molecular weight is 220 g/mol. The van der Waals surface area contributed by atoms with Crippen molar-refractivity contribution in [3.05, 3.63) is 52.1 Å². The molecule has 1 aliphatic rings. The molecule has 0 unspecified atom stereocenters. The van der Waals surface area contributed by atoms with Crippen LogP contribution in [0, 0.1) is 22.7 Å². The molecule has 17 heavy (non-hydrogen) atoms. The minimum atomic E-state index is 0.643. The van der Waals surface area contributed by atoms with Crippen LogP contribution in [0.15, 0.2) is 41.0 Å². The molecule has 0 aliphatic heterocycles. The third-order valence-corrected chi connectivity index (χ3v) is 3.05. The van der Waals surface area contributed by atoms with E-state index in [9.17, 15) is 5.26 Å². The minimum Gasteiger partial charge on any atom is -0.192 e. The van der Waals surface area contributed by atoms with Crippen molar-refractivity contribution in [3.8, 4) is 12.1 Å². The van der Waals surface area contributed by atoms with E-state index in [1.165, 1.54) is 5.57 Å². The van der Waals surface area contributed by atoms with Crippen molar-refractivity contribution >= 4 is 5.57 Å². The highest BCUT2D eigenvalue weighted by atomic mass is 14.3. The number of nitrogens with zero attached hydrogens (tertiary/aromatic N) is 2. The standard InChI is InChI=1S/C15H12N2/c1-10-7-11(2)15(14(10)9-17)13-5-3-12(8-16)4-6-13/h3-6H,7H2,1-2H3. The van der Waals surface area contributed by atoms with Gasteiger partial charge in [0.2, 0.25) is 0 Å². The Kier molecular flexibility index (Phi) is 2.81. The topological polar surface area (TPSA) is 47.6 Å². The molecule has 1 aromatic carbocycles. The van der Waals surface area contributed by atoms with E-state index in [-0.39, 0.29) is 0 Å². The van der Waals surface area contributed by atoms with Crippen LogP contribution in [-0.2, 0) is 0 Å². The molecule has 0 N–H and O–H groups in total. The molecule has 0 aromatic heterocycles. The fourth-order valence-corrected chi connectivity index (χ4v) is 2.25. The van der Waals surface area contributed by atoms with Gasteiger partial charge in [-0.15, -0.1) is 0 Å². The Morgan fingerprint density at radius 1 is 0.941 bits per heavy atom. The maximum Gasteiger partial charge on any atom is 0.0997 e. The maximum absolute atomic E-state index is 9.19. The summed E-state index contributed by atoms with van der Waals surface area (Å²) in [4.78, 5) is 0. The van der Waals surface area contributed by atoms with Crippen LogP contribution >= 0.6 is 0 Å². The third-order valence-electron chi connectivity index (χ3n) is 3.05. The van der Waals surface area contributed by atoms with Gasteiger partial charge in [0.1, 0.15) is 0 Å². The van der Waals surface area contributed by atoms with Gasteiger partial charge in [-0.1, -0.05) is 23.3 Å². The van der Waals surface area contributed by atoms with E-state index in [1.807, 2.05) is 19.1 Å². The van der Waals surface area contributed by atoms with Crippen LogP contribution in [0.25, 0.3) is 5.57 Å². The summed E-state index contributed by atoms with van der Waals surface area (Å²) in [5.41, 5.74) is 5.84. The van der Waals surface area contributed by atoms with Gasteiger partial charge in [0, 0.05) is 0 Å². The van der Waals surface area contributed by atoms with Gasteiger partial charge in [-0.05, 0) is 43.5 Å². The SMILES string of the molecule is CC1=C(C#N)C(c2ccc(C#N)cc2)=C(C)C1. The van der Waals surface area contributed by atoms with Gasteiger partial charge in [0.25, 0.3) is 0 Å². The first-order valence-corrected chi connectivity index (χ1v) is 5.48. The number of hydrogen-bond donors (Lipinski definition) is 0. The molecule has 2 nitrogen and oxygen atoms in total. The normalized spacial score (nSPS) is 14.8. The van der Waals surface area contributed by atoms with Crippen molar-refractivity contribution < 1.29 is 0 Å². The van der Waals surface area contributed by atoms with Crippen LogP contribution in [0.2, 0.25) is 0 Å². The van der Waals surface area contributed by atoms with Gasteiger partial charge in [0.05, 0.1) is 23.3 Å². The Bertz CT molecular complexity index is 602. The molecule has 82 valence electrons. The molecule has 0 amide bonds. The highest BCUT2D eigenvalue weighted by Crippen LogP contribution is 2.37. The summed E-state index contributed by atoms with van der Waals surface area (Å²) in [7, 11) is 0. The van der Waals surface area contributed by atoms with E-state index < -0.39 is 0 Å². The van der Waals surface area contributed by atoms with Gasteiger partial charge in [-0.3, -0.25) is 0 Å². The smallest absolute Gasteiger partial charge is 0.0997 e. The van der Waals surface area contributed by atoms with Crippen molar-refractivity contribution in [3.63, 3.8) is 0 Å². The van der Waals surface area contributed by atoms with Crippen LogP contribution in [0.1, 0.15) is 31.4 Å². The highest BCUT2D eigenvalue weighted by Gasteiger charge is 2.20. The summed E-state index contributed by atoms with van der Waals surface area (Å²) >= 11 is 0. The Morgan fingerprint density at radius 2 is 1.59 bits per heavy atom. The fraction of sp³-hybridized carbons (Fsp3) is 0.200. The quantitative estimate of drug-likeness (QED) is 0.726. The Hall–Kier alpha value is -2.32. The van der Waals surface area contributed by atoms with Gasteiger partial charge in [-0.2, -0.15) is 10.5 Å². The fourth-order valence-electron chi connectivity index (χ4n) is 2.25. The summed E-state index contributed by atoms with van der Waals surface area (Å²) in [6.45, 7) is 4.06.